The van der Waals surface area contributed by atoms with Crippen molar-refractivity contribution >= 4 is 18.7 Å². The van der Waals surface area contributed by atoms with Crippen molar-refractivity contribution in [1.29, 1.82) is 0 Å². The minimum atomic E-state index is -0.437. The number of nitrogens with one attached hydrogen (secondary N) is 1. The lowest BCUT2D eigenvalue weighted by molar-refractivity contribution is -0.0117. The Bertz CT molecular complexity index is 755. The molecule has 0 radical (unpaired) electrons. The summed E-state index contributed by atoms with van der Waals surface area (Å²) < 4.78 is 11.3. The van der Waals surface area contributed by atoms with E-state index in [1.165, 1.54) is 22.3 Å². The highest BCUT2D eigenvalue weighted by molar-refractivity contribution is 7.80. The lowest BCUT2D eigenvalue weighted by Crippen LogP contribution is -2.42. The zero-order chi connectivity index (χ0) is 19.4. The molecule has 1 aliphatic carbocycles. The van der Waals surface area contributed by atoms with Crippen molar-refractivity contribution in [1.82, 2.24) is 5.32 Å². The van der Waals surface area contributed by atoms with Crippen molar-refractivity contribution in [2.45, 2.75) is 38.3 Å². The second-order valence-electron chi connectivity index (χ2n) is 7.77. The normalized spacial score (nSPS) is 14.4. The van der Waals surface area contributed by atoms with Crippen LogP contribution in [0.1, 0.15) is 37.8 Å². The molecule has 2 aromatic carbocycles. The van der Waals surface area contributed by atoms with Crippen molar-refractivity contribution in [3.8, 4) is 11.1 Å². The monoisotopic (exact) mass is 385 g/mol. The summed E-state index contributed by atoms with van der Waals surface area (Å²) >= 11 is 4.30. The summed E-state index contributed by atoms with van der Waals surface area (Å²) in [5.74, 6) is 0.545. The molecule has 0 aliphatic heterocycles. The van der Waals surface area contributed by atoms with Gasteiger partial charge in [0.2, 0.25) is 0 Å². The third-order valence-corrected chi connectivity index (χ3v) is 5.04. The highest BCUT2D eigenvalue weighted by atomic mass is 32.1. The van der Waals surface area contributed by atoms with Gasteiger partial charge in [-0.3, -0.25) is 0 Å². The molecule has 0 saturated heterocycles. The Hall–Kier alpha value is -1.98. The number of amides is 1. The van der Waals surface area contributed by atoms with E-state index in [4.69, 9.17) is 9.47 Å². The van der Waals surface area contributed by atoms with Crippen molar-refractivity contribution < 1.29 is 14.3 Å². The van der Waals surface area contributed by atoms with E-state index in [2.05, 4.69) is 42.2 Å². The molecule has 1 amide bonds. The Labute approximate surface area is 166 Å². The van der Waals surface area contributed by atoms with Gasteiger partial charge in [-0.05, 0) is 43.0 Å². The predicted octanol–water partition coefficient (Wildman–Crippen LogP) is 4.64. The number of alkyl carbamates (subject to hydrolysis) is 1. The summed E-state index contributed by atoms with van der Waals surface area (Å²) in [5.41, 5.74) is 4.58. The summed E-state index contributed by atoms with van der Waals surface area (Å²) in [5, 5.41) is 2.85. The summed E-state index contributed by atoms with van der Waals surface area (Å²) in [6.07, 6.45) is -0.437. The summed E-state index contributed by atoms with van der Waals surface area (Å²) in [6.45, 7) is 6.65. The molecule has 27 heavy (non-hydrogen) atoms. The lowest BCUT2D eigenvalue weighted by Gasteiger charge is -2.24. The van der Waals surface area contributed by atoms with Gasteiger partial charge >= 0.3 is 6.09 Å². The van der Waals surface area contributed by atoms with Gasteiger partial charge < -0.3 is 14.8 Å². The molecule has 1 N–H and O–H groups in total. The molecule has 0 heterocycles. The fraction of sp³-hybridized carbons (Fsp3) is 0.409. The molecular formula is C22H27NO3S. The number of ether oxygens (including phenoxy) is 2. The summed E-state index contributed by atoms with van der Waals surface area (Å²) in [6, 6.07) is 16.4. The maximum atomic E-state index is 12.3. The van der Waals surface area contributed by atoms with Crippen LogP contribution in [-0.2, 0) is 9.47 Å². The Morgan fingerprint density at radius 3 is 2.15 bits per heavy atom. The molecular weight excluding hydrogens is 358 g/mol. The number of rotatable bonds is 6. The van der Waals surface area contributed by atoms with Crippen LogP contribution in [0.2, 0.25) is 0 Å². The molecule has 1 atom stereocenters. The third-order valence-electron chi connectivity index (χ3n) is 4.60. The third kappa shape index (κ3) is 4.85. The van der Waals surface area contributed by atoms with Crippen LogP contribution in [-0.4, -0.2) is 36.7 Å². The largest absolute Gasteiger partial charge is 0.449 e. The van der Waals surface area contributed by atoms with Gasteiger partial charge in [0.05, 0.1) is 18.2 Å². The number of hydrogen-bond donors (Lipinski definition) is 2. The Morgan fingerprint density at radius 2 is 1.63 bits per heavy atom. The fourth-order valence-electron chi connectivity index (χ4n) is 3.30. The Balaban J connectivity index is 1.62. The fourth-order valence-corrected chi connectivity index (χ4v) is 3.49. The van der Waals surface area contributed by atoms with Crippen LogP contribution in [0.25, 0.3) is 11.1 Å². The maximum Gasteiger partial charge on any atom is 0.407 e. The van der Waals surface area contributed by atoms with Crippen LogP contribution in [0.4, 0.5) is 4.79 Å². The smallest absolute Gasteiger partial charge is 0.407 e. The molecule has 0 aromatic heterocycles. The van der Waals surface area contributed by atoms with Crippen LogP contribution < -0.4 is 5.32 Å². The SMILES string of the molecule is CC(C)(C)OC[C@H](CS)NC(=O)OCC1c2ccccc2-c2ccccc21. The number of thiol groups is 1. The summed E-state index contributed by atoms with van der Waals surface area (Å²) in [4.78, 5) is 12.3. The van der Waals surface area contributed by atoms with E-state index in [1.54, 1.807) is 0 Å². The minimum Gasteiger partial charge on any atom is -0.449 e. The van der Waals surface area contributed by atoms with Crippen molar-refractivity contribution in [3.63, 3.8) is 0 Å². The van der Waals surface area contributed by atoms with Crippen LogP contribution >= 0.6 is 12.6 Å². The van der Waals surface area contributed by atoms with Crippen LogP contribution in [0.15, 0.2) is 48.5 Å². The van der Waals surface area contributed by atoms with Crippen LogP contribution in [0, 0.1) is 0 Å². The first-order valence-corrected chi connectivity index (χ1v) is 9.88. The quantitative estimate of drug-likeness (QED) is 0.712. The van der Waals surface area contributed by atoms with Gasteiger partial charge in [-0.15, -0.1) is 0 Å². The molecule has 4 nitrogen and oxygen atoms in total. The molecule has 0 saturated carbocycles. The predicted molar refractivity (Wildman–Crippen MR) is 112 cm³/mol. The molecule has 144 valence electrons. The number of carbonyl (C=O) groups is 1. The van der Waals surface area contributed by atoms with Crippen LogP contribution in [0.3, 0.4) is 0 Å². The molecule has 2 aromatic rings. The van der Waals surface area contributed by atoms with Gasteiger partial charge in [-0.25, -0.2) is 4.79 Å². The average molecular weight is 386 g/mol. The van der Waals surface area contributed by atoms with E-state index in [9.17, 15) is 4.79 Å². The number of carbonyl (C=O) groups excluding carboxylic acids is 1. The van der Waals surface area contributed by atoms with Gasteiger partial charge in [0.15, 0.2) is 0 Å². The molecule has 1 aliphatic rings. The molecule has 3 rings (SSSR count). The standard InChI is InChI=1S/C22H27NO3S/c1-22(2,3)26-12-15(14-27)23-21(24)25-13-20-18-10-6-4-8-16(18)17-9-5-7-11-19(17)20/h4-11,15,20,27H,12-14H2,1-3H3,(H,23,24)/t15-/m1/s1. The zero-order valence-corrected chi connectivity index (χ0v) is 17.0. The lowest BCUT2D eigenvalue weighted by atomic mass is 9.98. The highest BCUT2D eigenvalue weighted by Crippen LogP contribution is 2.44. The van der Waals surface area contributed by atoms with E-state index in [0.717, 1.165) is 0 Å². The molecule has 0 fully saturated rings. The van der Waals surface area contributed by atoms with Crippen molar-refractivity contribution in [2.24, 2.45) is 0 Å². The van der Waals surface area contributed by atoms with Crippen molar-refractivity contribution in [3.05, 3.63) is 59.7 Å². The van der Waals surface area contributed by atoms with Gasteiger partial charge in [0.1, 0.15) is 6.61 Å². The first-order chi connectivity index (χ1) is 12.9. The Kier molecular flexibility index (Phi) is 6.12. The van der Waals surface area contributed by atoms with E-state index in [1.807, 2.05) is 45.0 Å². The summed E-state index contributed by atoms with van der Waals surface area (Å²) in [7, 11) is 0. The zero-order valence-electron chi connectivity index (χ0n) is 16.1. The van der Waals surface area contributed by atoms with Crippen LogP contribution in [0.5, 0.6) is 0 Å². The average Bonchev–Trinajstić information content (AvgIpc) is 2.97. The second-order valence-corrected chi connectivity index (χ2v) is 8.14. The number of hydrogen-bond acceptors (Lipinski definition) is 4. The van der Waals surface area contributed by atoms with E-state index < -0.39 is 6.09 Å². The number of benzene rings is 2. The van der Waals surface area contributed by atoms with Gasteiger partial charge in [0, 0.05) is 11.7 Å². The van der Waals surface area contributed by atoms with E-state index >= 15 is 0 Å². The van der Waals surface area contributed by atoms with Gasteiger partial charge in [-0.1, -0.05) is 48.5 Å². The molecule has 0 unspecified atom stereocenters. The highest BCUT2D eigenvalue weighted by Gasteiger charge is 2.29. The second kappa shape index (κ2) is 8.36. The van der Waals surface area contributed by atoms with Crippen molar-refractivity contribution in [2.75, 3.05) is 19.0 Å². The first kappa shape index (κ1) is 19.8. The Morgan fingerprint density at radius 1 is 1.07 bits per heavy atom. The first-order valence-electron chi connectivity index (χ1n) is 9.25. The maximum absolute atomic E-state index is 12.3. The molecule has 0 bridgehead atoms. The molecule has 0 spiro atoms. The number of fused-ring (bicyclic) bond motifs is 3. The van der Waals surface area contributed by atoms with Gasteiger partial charge in [-0.2, -0.15) is 12.6 Å². The molecule has 5 heteroatoms. The van der Waals surface area contributed by atoms with Gasteiger partial charge in [0.25, 0.3) is 0 Å². The topological polar surface area (TPSA) is 47.6 Å². The minimum absolute atomic E-state index is 0.0587. The van der Waals surface area contributed by atoms with E-state index in [0.29, 0.717) is 19.0 Å². The van der Waals surface area contributed by atoms with E-state index in [-0.39, 0.29) is 17.6 Å².